The Labute approximate surface area is 86.4 Å². The van der Waals surface area contributed by atoms with Crippen molar-refractivity contribution < 1.29 is 4.79 Å². The average molecular weight is 198 g/mol. The number of unbranched alkanes of at least 4 members (excludes halogenated alkanes) is 3. The lowest BCUT2D eigenvalue weighted by atomic mass is 10.1. The van der Waals surface area contributed by atoms with Gasteiger partial charge < -0.3 is 11.1 Å². The fourth-order valence-corrected chi connectivity index (χ4v) is 1.50. The third kappa shape index (κ3) is 4.61. The van der Waals surface area contributed by atoms with Crippen molar-refractivity contribution in [2.24, 2.45) is 5.73 Å². The van der Waals surface area contributed by atoms with Crippen molar-refractivity contribution in [3.63, 3.8) is 0 Å². The molecule has 1 amide bonds. The standard InChI is InChI=1S/C11H22N2O/c1-11(7-8-11)13-10(14)6-4-2-3-5-9-12/h2-9,12H2,1H3,(H,13,14). The van der Waals surface area contributed by atoms with Crippen LogP contribution in [0.25, 0.3) is 0 Å². The summed E-state index contributed by atoms with van der Waals surface area (Å²) in [5, 5.41) is 3.06. The van der Waals surface area contributed by atoms with Crippen LogP contribution in [0.2, 0.25) is 0 Å². The molecular formula is C11H22N2O. The van der Waals surface area contributed by atoms with Gasteiger partial charge in [0.25, 0.3) is 0 Å². The molecule has 1 aliphatic carbocycles. The molecule has 0 bridgehead atoms. The Bertz CT molecular complexity index is 188. The second-order valence-corrected chi connectivity index (χ2v) is 4.56. The zero-order valence-electron chi connectivity index (χ0n) is 9.14. The Morgan fingerprint density at radius 2 is 1.93 bits per heavy atom. The normalized spacial score (nSPS) is 17.9. The fraction of sp³-hybridized carbons (Fsp3) is 0.909. The van der Waals surface area contributed by atoms with Gasteiger partial charge in [-0.25, -0.2) is 0 Å². The van der Waals surface area contributed by atoms with Crippen LogP contribution < -0.4 is 11.1 Å². The van der Waals surface area contributed by atoms with Crippen LogP contribution in [0.4, 0.5) is 0 Å². The molecule has 0 heterocycles. The molecule has 0 aromatic heterocycles. The van der Waals surface area contributed by atoms with Gasteiger partial charge in [0.2, 0.25) is 5.91 Å². The summed E-state index contributed by atoms with van der Waals surface area (Å²) < 4.78 is 0. The maximum absolute atomic E-state index is 11.4. The molecule has 0 saturated heterocycles. The molecule has 3 heteroatoms. The van der Waals surface area contributed by atoms with Crippen LogP contribution in [-0.2, 0) is 4.79 Å². The molecule has 0 aliphatic heterocycles. The fourth-order valence-electron chi connectivity index (χ4n) is 1.50. The molecule has 1 saturated carbocycles. The second-order valence-electron chi connectivity index (χ2n) is 4.56. The van der Waals surface area contributed by atoms with E-state index in [-0.39, 0.29) is 11.4 Å². The molecule has 0 atom stereocenters. The smallest absolute Gasteiger partial charge is 0.220 e. The first-order chi connectivity index (χ1) is 6.66. The number of rotatable bonds is 7. The minimum Gasteiger partial charge on any atom is -0.351 e. The van der Waals surface area contributed by atoms with Gasteiger partial charge in [-0.1, -0.05) is 12.8 Å². The highest BCUT2D eigenvalue weighted by atomic mass is 16.1. The first-order valence-electron chi connectivity index (χ1n) is 5.67. The van der Waals surface area contributed by atoms with E-state index in [9.17, 15) is 4.79 Å². The molecule has 1 aliphatic rings. The van der Waals surface area contributed by atoms with Crippen LogP contribution in [0.5, 0.6) is 0 Å². The number of hydrogen-bond acceptors (Lipinski definition) is 2. The number of nitrogens with two attached hydrogens (primary N) is 1. The molecule has 0 aromatic rings. The first-order valence-corrected chi connectivity index (χ1v) is 5.67. The maximum atomic E-state index is 11.4. The Morgan fingerprint density at radius 1 is 1.29 bits per heavy atom. The highest BCUT2D eigenvalue weighted by Gasteiger charge is 2.38. The van der Waals surface area contributed by atoms with E-state index >= 15 is 0 Å². The summed E-state index contributed by atoms with van der Waals surface area (Å²) in [7, 11) is 0. The van der Waals surface area contributed by atoms with Gasteiger partial charge in [-0.05, 0) is 39.2 Å². The molecule has 14 heavy (non-hydrogen) atoms. The predicted octanol–water partition coefficient (Wildman–Crippen LogP) is 1.56. The van der Waals surface area contributed by atoms with Gasteiger partial charge in [0.15, 0.2) is 0 Å². The summed E-state index contributed by atoms with van der Waals surface area (Å²) in [6.45, 7) is 2.88. The topological polar surface area (TPSA) is 55.1 Å². The molecule has 82 valence electrons. The van der Waals surface area contributed by atoms with Crippen molar-refractivity contribution >= 4 is 5.91 Å². The van der Waals surface area contributed by atoms with Gasteiger partial charge in [-0.15, -0.1) is 0 Å². The lowest BCUT2D eigenvalue weighted by Crippen LogP contribution is -2.33. The zero-order valence-corrected chi connectivity index (χ0v) is 9.14. The molecule has 3 nitrogen and oxygen atoms in total. The van der Waals surface area contributed by atoms with Crippen LogP contribution in [0.1, 0.15) is 51.9 Å². The molecule has 0 spiro atoms. The van der Waals surface area contributed by atoms with Gasteiger partial charge >= 0.3 is 0 Å². The summed E-state index contributed by atoms with van der Waals surface area (Å²) in [6, 6.07) is 0. The number of nitrogens with one attached hydrogen (secondary N) is 1. The zero-order chi connectivity index (χ0) is 10.4. The molecule has 0 aromatic carbocycles. The lowest BCUT2D eigenvalue weighted by Gasteiger charge is -2.10. The minimum atomic E-state index is 0.147. The van der Waals surface area contributed by atoms with Crippen LogP contribution in [-0.4, -0.2) is 18.0 Å². The van der Waals surface area contributed by atoms with E-state index in [1.165, 1.54) is 0 Å². The largest absolute Gasteiger partial charge is 0.351 e. The molecule has 0 unspecified atom stereocenters. The summed E-state index contributed by atoms with van der Waals surface area (Å²) in [5.41, 5.74) is 5.53. The van der Waals surface area contributed by atoms with Crippen LogP contribution in [0.15, 0.2) is 0 Å². The van der Waals surface area contributed by atoms with E-state index in [1.54, 1.807) is 0 Å². The predicted molar refractivity (Wildman–Crippen MR) is 57.9 cm³/mol. The molecule has 0 radical (unpaired) electrons. The van der Waals surface area contributed by atoms with Gasteiger partial charge in [-0.2, -0.15) is 0 Å². The second kappa shape index (κ2) is 5.35. The Balaban J connectivity index is 1.93. The first kappa shape index (κ1) is 11.5. The molecule has 1 fully saturated rings. The van der Waals surface area contributed by atoms with Gasteiger partial charge in [0, 0.05) is 12.0 Å². The SMILES string of the molecule is CC1(NC(=O)CCCCCCN)CC1. The van der Waals surface area contributed by atoms with E-state index in [0.717, 1.165) is 45.1 Å². The van der Waals surface area contributed by atoms with Gasteiger partial charge in [0.1, 0.15) is 0 Å². The quantitative estimate of drug-likeness (QED) is 0.610. The van der Waals surface area contributed by atoms with E-state index in [2.05, 4.69) is 12.2 Å². The minimum absolute atomic E-state index is 0.147. The highest BCUT2D eigenvalue weighted by Crippen LogP contribution is 2.34. The van der Waals surface area contributed by atoms with Gasteiger partial charge in [-0.3, -0.25) is 4.79 Å². The Morgan fingerprint density at radius 3 is 2.50 bits per heavy atom. The van der Waals surface area contributed by atoms with E-state index in [0.29, 0.717) is 6.42 Å². The van der Waals surface area contributed by atoms with Crippen molar-refractivity contribution in [2.75, 3.05) is 6.54 Å². The van der Waals surface area contributed by atoms with E-state index in [1.807, 2.05) is 0 Å². The van der Waals surface area contributed by atoms with Crippen molar-refractivity contribution in [1.29, 1.82) is 0 Å². The van der Waals surface area contributed by atoms with Crippen molar-refractivity contribution in [3.8, 4) is 0 Å². The molecular weight excluding hydrogens is 176 g/mol. The van der Waals surface area contributed by atoms with Crippen molar-refractivity contribution in [2.45, 2.75) is 57.4 Å². The Hall–Kier alpha value is -0.570. The third-order valence-electron chi connectivity index (χ3n) is 2.80. The summed E-state index contributed by atoms with van der Waals surface area (Å²) >= 11 is 0. The monoisotopic (exact) mass is 198 g/mol. The molecule has 1 rings (SSSR count). The summed E-state index contributed by atoms with van der Waals surface area (Å²) in [5.74, 6) is 0.220. The maximum Gasteiger partial charge on any atom is 0.220 e. The Kier molecular flexibility index (Phi) is 4.39. The highest BCUT2D eigenvalue weighted by molar-refractivity contribution is 5.77. The lowest BCUT2D eigenvalue weighted by molar-refractivity contribution is -0.122. The summed E-state index contributed by atoms with van der Waals surface area (Å²) in [4.78, 5) is 11.4. The number of carbonyl (C=O) groups is 1. The number of hydrogen-bond donors (Lipinski definition) is 2. The summed E-state index contributed by atoms with van der Waals surface area (Å²) in [6.07, 6.45) is 7.33. The number of carbonyl (C=O) groups excluding carboxylic acids is 1. The average Bonchev–Trinajstić information content (AvgIpc) is 2.83. The van der Waals surface area contributed by atoms with E-state index in [4.69, 9.17) is 5.73 Å². The van der Waals surface area contributed by atoms with Gasteiger partial charge in [0.05, 0.1) is 0 Å². The van der Waals surface area contributed by atoms with Crippen molar-refractivity contribution in [1.82, 2.24) is 5.32 Å². The van der Waals surface area contributed by atoms with Crippen LogP contribution in [0.3, 0.4) is 0 Å². The van der Waals surface area contributed by atoms with Crippen molar-refractivity contribution in [3.05, 3.63) is 0 Å². The van der Waals surface area contributed by atoms with E-state index < -0.39 is 0 Å². The number of amides is 1. The van der Waals surface area contributed by atoms with Crippen LogP contribution >= 0.6 is 0 Å². The molecule has 3 N–H and O–H groups in total. The third-order valence-corrected chi connectivity index (χ3v) is 2.80. The van der Waals surface area contributed by atoms with Crippen LogP contribution in [0, 0.1) is 0 Å².